The number of benzene rings is 2. The molecule has 3 aromatic rings. The number of esters is 1. The minimum absolute atomic E-state index is 0.200. The Bertz CT molecular complexity index is 1020. The maximum Gasteiger partial charge on any atom is 0.345 e. The molecule has 6 heteroatoms. The van der Waals surface area contributed by atoms with Crippen molar-refractivity contribution in [2.75, 3.05) is 0 Å². The second-order valence-corrected chi connectivity index (χ2v) is 6.17. The van der Waals surface area contributed by atoms with Crippen LogP contribution in [0, 0.1) is 13.8 Å². The smallest absolute Gasteiger partial charge is 0.345 e. The Morgan fingerprint density at radius 2 is 1.83 bits per heavy atom. The van der Waals surface area contributed by atoms with Crippen LogP contribution >= 0.6 is 23.2 Å². The van der Waals surface area contributed by atoms with Gasteiger partial charge < -0.3 is 9.15 Å². The summed E-state index contributed by atoms with van der Waals surface area (Å²) in [7, 11) is 0. The van der Waals surface area contributed by atoms with Gasteiger partial charge in [0.15, 0.2) is 0 Å². The monoisotopic (exact) mass is 362 g/mol. The fourth-order valence-electron chi connectivity index (χ4n) is 2.42. The van der Waals surface area contributed by atoms with Gasteiger partial charge >= 0.3 is 11.6 Å². The molecule has 0 amide bonds. The molecular formula is C18H12Cl2O4. The van der Waals surface area contributed by atoms with E-state index in [1.807, 2.05) is 6.92 Å². The van der Waals surface area contributed by atoms with Crippen LogP contribution in [0.3, 0.4) is 0 Å². The normalized spacial score (nSPS) is 10.8. The second kappa shape index (κ2) is 6.30. The number of rotatable bonds is 2. The molecule has 122 valence electrons. The Morgan fingerprint density at radius 1 is 1.08 bits per heavy atom. The molecule has 0 aliphatic carbocycles. The van der Waals surface area contributed by atoms with Crippen LogP contribution in [0.2, 0.25) is 10.0 Å². The van der Waals surface area contributed by atoms with E-state index in [0.717, 1.165) is 10.9 Å². The summed E-state index contributed by atoms with van der Waals surface area (Å²) in [5.74, 6) is -0.318. The quantitative estimate of drug-likeness (QED) is 0.368. The first-order chi connectivity index (χ1) is 11.4. The van der Waals surface area contributed by atoms with Gasteiger partial charge in [0, 0.05) is 22.0 Å². The van der Waals surface area contributed by atoms with Gasteiger partial charge in [0.25, 0.3) is 0 Å². The van der Waals surface area contributed by atoms with Gasteiger partial charge in [-0.25, -0.2) is 9.59 Å². The highest BCUT2D eigenvalue weighted by molar-refractivity contribution is 6.36. The lowest BCUT2D eigenvalue weighted by molar-refractivity contribution is 0.0734. The lowest BCUT2D eigenvalue weighted by Gasteiger charge is -2.11. The van der Waals surface area contributed by atoms with Crippen molar-refractivity contribution in [2.24, 2.45) is 0 Å². The van der Waals surface area contributed by atoms with Gasteiger partial charge in [0.2, 0.25) is 0 Å². The minimum Gasteiger partial charge on any atom is -0.422 e. The van der Waals surface area contributed by atoms with Crippen LogP contribution in [-0.4, -0.2) is 5.97 Å². The molecule has 0 aliphatic rings. The van der Waals surface area contributed by atoms with Crippen molar-refractivity contribution in [2.45, 2.75) is 13.8 Å². The molecule has 0 radical (unpaired) electrons. The van der Waals surface area contributed by atoms with Crippen LogP contribution in [-0.2, 0) is 0 Å². The highest BCUT2D eigenvalue weighted by Crippen LogP contribution is 2.29. The van der Waals surface area contributed by atoms with E-state index in [-0.39, 0.29) is 10.6 Å². The molecule has 4 nitrogen and oxygen atoms in total. The Labute approximate surface area is 147 Å². The summed E-state index contributed by atoms with van der Waals surface area (Å²) in [6.07, 6.45) is 0. The van der Waals surface area contributed by atoms with Crippen molar-refractivity contribution in [3.8, 4) is 5.75 Å². The third-order valence-corrected chi connectivity index (χ3v) is 4.22. The summed E-state index contributed by atoms with van der Waals surface area (Å²) >= 11 is 11.8. The zero-order valence-corrected chi connectivity index (χ0v) is 14.4. The van der Waals surface area contributed by atoms with E-state index in [2.05, 4.69) is 0 Å². The van der Waals surface area contributed by atoms with Gasteiger partial charge in [0.1, 0.15) is 11.3 Å². The molecule has 0 bridgehead atoms. The highest BCUT2D eigenvalue weighted by Gasteiger charge is 2.16. The molecule has 0 aliphatic heterocycles. The summed E-state index contributed by atoms with van der Waals surface area (Å²) in [4.78, 5) is 23.9. The van der Waals surface area contributed by atoms with Gasteiger partial charge in [-0.3, -0.25) is 0 Å². The van der Waals surface area contributed by atoms with Crippen molar-refractivity contribution in [3.05, 3.63) is 73.6 Å². The number of hydrogen-bond donors (Lipinski definition) is 0. The minimum atomic E-state index is -0.617. The molecule has 2 aromatic carbocycles. The summed E-state index contributed by atoms with van der Waals surface area (Å²) in [6.45, 7) is 3.54. The molecule has 1 aromatic heterocycles. The summed E-state index contributed by atoms with van der Waals surface area (Å²) in [5.41, 5.74) is 1.50. The Balaban J connectivity index is 2.02. The van der Waals surface area contributed by atoms with Gasteiger partial charge in [-0.15, -0.1) is 0 Å². The first-order valence-electron chi connectivity index (χ1n) is 7.08. The standard InChI is InChI=1S/C18H12Cl2O4/c1-9-7-16(21)24-17-10(2)15(6-5-12(9)17)23-18(22)13-4-3-11(19)8-14(13)20/h3-8H,1-2H3. The molecule has 3 rings (SSSR count). The number of hydrogen-bond acceptors (Lipinski definition) is 4. The van der Waals surface area contributed by atoms with Crippen molar-refractivity contribution < 1.29 is 13.9 Å². The van der Waals surface area contributed by atoms with Crippen LogP contribution in [0.1, 0.15) is 21.5 Å². The fourth-order valence-corrected chi connectivity index (χ4v) is 2.91. The Hall–Kier alpha value is -2.30. The zero-order valence-electron chi connectivity index (χ0n) is 12.9. The van der Waals surface area contributed by atoms with E-state index in [4.69, 9.17) is 32.4 Å². The number of halogens is 2. The van der Waals surface area contributed by atoms with E-state index < -0.39 is 11.6 Å². The van der Waals surface area contributed by atoms with Crippen molar-refractivity contribution >= 4 is 40.1 Å². The molecule has 0 spiro atoms. The first kappa shape index (κ1) is 16.6. The molecule has 0 atom stereocenters. The van der Waals surface area contributed by atoms with E-state index in [9.17, 15) is 9.59 Å². The molecule has 0 fully saturated rings. The largest absolute Gasteiger partial charge is 0.422 e. The highest BCUT2D eigenvalue weighted by atomic mass is 35.5. The number of aryl methyl sites for hydroxylation is 2. The van der Waals surface area contributed by atoms with Crippen molar-refractivity contribution in [3.63, 3.8) is 0 Å². The van der Waals surface area contributed by atoms with Crippen LogP contribution < -0.4 is 10.4 Å². The van der Waals surface area contributed by atoms with Crippen LogP contribution in [0.4, 0.5) is 0 Å². The van der Waals surface area contributed by atoms with Crippen molar-refractivity contribution in [1.29, 1.82) is 0 Å². The number of fused-ring (bicyclic) bond motifs is 1. The van der Waals surface area contributed by atoms with Crippen LogP contribution in [0.15, 0.2) is 45.6 Å². The van der Waals surface area contributed by atoms with E-state index in [0.29, 0.717) is 21.9 Å². The lowest BCUT2D eigenvalue weighted by Crippen LogP contribution is -2.10. The molecule has 0 N–H and O–H groups in total. The first-order valence-corrected chi connectivity index (χ1v) is 7.83. The third-order valence-electron chi connectivity index (χ3n) is 3.67. The van der Waals surface area contributed by atoms with Gasteiger partial charge in [-0.1, -0.05) is 23.2 Å². The maximum absolute atomic E-state index is 12.3. The molecular weight excluding hydrogens is 351 g/mol. The average molecular weight is 363 g/mol. The Kier molecular flexibility index (Phi) is 4.35. The van der Waals surface area contributed by atoms with Gasteiger partial charge in [0.05, 0.1) is 10.6 Å². The van der Waals surface area contributed by atoms with E-state index in [1.165, 1.54) is 18.2 Å². The molecule has 24 heavy (non-hydrogen) atoms. The lowest BCUT2D eigenvalue weighted by atomic mass is 10.1. The second-order valence-electron chi connectivity index (χ2n) is 5.33. The summed E-state index contributed by atoms with van der Waals surface area (Å²) in [6, 6.07) is 9.34. The van der Waals surface area contributed by atoms with Crippen LogP contribution in [0.25, 0.3) is 11.0 Å². The zero-order chi connectivity index (χ0) is 17.4. The summed E-state index contributed by atoms with van der Waals surface area (Å²) in [5, 5.41) is 1.42. The molecule has 0 saturated heterocycles. The van der Waals surface area contributed by atoms with Crippen molar-refractivity contribution in [1.82, 2.24) is 0 Å². The summed E-state index contributed by atoms with van der Waals surface area (Å²) < 4.78 is 10.7. The third kappa shape index (κ3) is 3.03. The predicted octanol–water partition coefficient (Wildman–Crippen LogP) is 4.94. The van der Waals surface area contributed by atoms with Crippen LogP contribution in [0.5, 0.6) is 5.75 Å². The topological polar surface area (TPSA) is 56.5 Å². The van der Waals surface area contributed by atoms with E-state index in [1.54, 1.807) is 25.1 Å². The molecule has 0 unspecified atom stereocenters. The average Bonchev–Trinajstić information content (AvgIpc) is 2.50. The fraction of sp³-hybridized carbons (Fsp3) is 0.111. The molecule has 1 heterocycles. The van der Waals surface area contributed by atoms with E-state index >= 15 is 0 Å². The number of ether oxygens (including phenoxy) is 1. The SMILES string of the molecule is Cc1cc(=O)oc2c(C)c(OC(=O)c3ccc(Cl)cc3Cl)ccc12. The predicted molar refractivity (Wildman–Crippen MR) is 93.4 cm³/mol. The Morgan fingerprint density at radius 3 is 2.54 bits per heavy atom. The molecule has 0 saturated carbocycles. The van der Waals surface area contributed by atoms with Gasteiger partial charge in [-0.05, 0) is 49.7 Å². The number of carbonyl (C=O) groups is 1. The maximum atomic E-state index is 12.3. The number of carbonyl (C=O) groups excluding carboxylic acids is 1. The van der Waals surface area contributed by atoms with Gasteiger partial charge in [-0.2, -0.15) is 0 Å².